The molecule has 2 rings (SSSR count). The van der Waals surface area contributed by atoms with Gasteiger partial charge in [0.05, 0.1) is 13.0 Å². The van der Waals surface area contributed by atoms with E-state index in [1.807, 2.05) is 11.9 Å². The normalized spacial score (nSPS) is 19.4. The SMILES string of the molecule is CC(C1CC1)N(C(=O)CN(C)CCC(=O)O)C1CC1.Cl. The van der Waals surface area contributed by atoms with Gasteiger partial charge in [-0.05, 0) is 45.6 Å². The summed E-state index contributed by atoms with van der Waals surface area (Å²) < 4.78 is 0. The Morgan fingerprint density at radius 1 is 1.25 bits per heavy atom. The van der Waals surface area contributed by atoms with Crippen molar-refractivity contribution in [1.29, 1.82) is 0 Å². The summed E-state index contributed by atoms with van der Waals surface area (Å²) in [6.45, 7) is 2.92. The smallest absolute Gasteiger partial charge is 0.304 e. The Bertz CT molecular complexity index is 356. The molecule has 20 heavy (non-hydrogen) atoms. The first kappa shape index (κ1) is 17.2. The maximum atomic E-state index is 12.4. The standard InChI is InChI=1S/C14H24N2O3.ClH/c1-10(11-3-4-11)16(12-5-6-12)13(17)9-15(2)8-7-14(18)19;/h10-12H,3-9H2,1-2H3,(H,18,19);1H. The molecular formula is C14H25ClN2O3. The van der Waals surface area contributed by atoms with Crippen LogP contribution >= 0.6 is 12.4 Å². The van der Waals surface area contributed by atoms with Gasteiger partial charge >= 0.3 is 5.97 Å². The molecule has 0 bridgehead atoms. The lowest BCUT2D eigenvalue weighted by Gasteiger charge is -2.31. The van der Waals surface area contributed by atoms with Crippen LogP contribution in [0.4, 0.5) is 0 Å². The van der Waals surface area contributed by atoms with Crippen molar-refractivity contribution in [2.24, 2.45) is 5.92 Å². The summed E-state index contributed by atoms with van der Waals surface area (Å²) in [4.78, 5) is 26.8. The van der Waals surface area contributed by atoms with Crippen LogP contribution in [0.25, 0.3) is 0 Å². The lowest BCUT2D eigenvalue weighted by atomic mass is 10.1. The molecule has 0 radical (unpaired) electrons. The van der Waals surface area contributed by atoms with E-state index in [9.17, 15) is 9.59 Å². The number of carbonyl (C=O) groups is 2. The summed E-state index contributed by atoms with van der Waals surface area (Å²) in [6, 6.07) is 0.795. The predicted octanol–water partition coefficient (Wildman–Crippen LogP) is 1.60. The topological polar surface area (TPSA) is 60.9 Å². The minimum absolute atomic E-state index is 0. The number of carboxylic acid groups (broad SMARTS) is 1. The zero-order chi connectivity index (χ0) is 14.0. The average Bonchev–Trinajstić information content (AvgIpc) is 3.16. The summed E-state index contributed by atoms with van der Waals surface area (Å²) in [6.07, 6.45) is 4.83. The monoisotopic (exact) mass is 304 g/mol. The van der Waals surface area contributed by atoms with Crippen molar-refractivity contribution in [2.45, 2.75) is 51.1 Å². The van der Waals surface area contributed by atoms with Crippen LogP contribution in [0.5, 0.6) is 0 Å². The number of carbonyl (C=O) groups excluding carboxylic acids is 1. The second kappa shape index (κ2) is 7.27. The van der Waals surface area contributed by atoms with E-state index in [1.165, 1.54) is 12.8 Å². The molecule has 1 amide bonds. The van der Waals surface area contributed by atoms with Crippen LogP contribution in [0, 0.1) is 5.92 Å². The van der Waals surface area contributed by atoms with Gasteiger partial charge < -0.3 is 10.0 Å². The zero-order valence-corrected chi connectivity index (χ0v) is 13.1. The van der Waals surface area contributed by atoms with Gasteiger partial charge in [-0.25, -0.2) is 0 Å². The van der Waals surface area contributed by atoms with Crippen molar-refractivity contribution in [1.82, 2.24) is 9.80 Å². The van der Waals surface area contributed by atoms with Gasteiger partial charge in [0.1, 0.15) is 0 Å². The Hall–Kier alpha value is -0.810. The molecule has 0 aliphatic heterocycles. The third-order valence-corrected chi connectivity index (χ3v) is 4.08. The molecule has 2 saturated carbocycles. The highest BCUT2D eigenvalue weighted by Gasteiger charge is 2.41. The van der Waals surface area contributed by atoms with Crippen molar-refractivity contribution in [2.75, 3.05) is 20.1 Å². The molecule has 2 fully saturated rings. The molecule has 116 valence electrons. The molecule has 1 N–H and O–H groups in total. The number of aliphatic carboxylic acids is 1. The third-order valence-electron chi connectivity index (χ3n) is 4.08. The zero-order valence-electron chi connectivity index (χ0n) is 12.2. The van der Waals surface area contributed by atoms with E-state index in [-0.39, 0.29) is 24.7 Å². The first-order valence-electron chi connectivity index (χ1n) is 7.20. The van der Waals surface area contributed by atoms with E-state index in [4.69, 9.17) is 5.11 Å². The van der Waals surface area contributed by atoms with Crippen molar-refractivity contribution in [3.63, 3.8) is 0 Å². The average molecular weight is 305 g/mol. The Labute approximate surface area is 126 Å². The molecule has 0 aromatic heterocycles. The minimum atomic E-state index is -0.815. The van der Waals surface area contributed by atoms with Crippen LogP contribution in [0.15, 0.2) is 0 Å². The van der Waals surface area contributed by atoms with Gasteiger partial charge in [0.25, 0.3) is 0 Å². The molecule has 0 aromatic carbocycles. The van der Waals surface area contributed by atoms with Crippen LogP contribution in [-0.4, -0.2) is 59.0 Å². The van der Waals surface area contributed by atoms with Gasteiger partial charge in [-0.3, -0.25) is 14.5 Å². The van der Waals surface area contributed by atoms with Crippen molar-refractivity contribution < 1.29 is 14.7 Å². The first-order chi connectivity index (χ1) is 8.99. The number of carboxylic acids is 1. The molecule has 0 spiro atoms. The van der Waals surface area contributed by atoms with Gasteiger partial charge in [-0.2, -0.15) is 0 Å². The lowest BCUT2D eigenvalue weighted by Crippen LogP contribution is -2.46. The Balaban J connectivity index is 0.00000200. The van der Waals surface area contributed by atoms with Crippen molar-refractivity contribution in [3.8, 4) is 0 Å². The predicted molar refractivity (Wildman–Crippen MR) is 79.1 cm³/mol. The van der Waals surface area contributed by atoms with Gasteiger partial charge in [0.15, 0.2) is 0 Å². The fraction of sp³-hybridized carbons (Fsp3) is 0.857. The van der Waals surface area contributed by atoms with Crippen LogP contribution in [-0.2, 0) is 9.59 Å². The molecular weight excluding hydrogens is 280 g/mol. The molecule has 1 unspecified atom stereocenters. The Kier molecular flexibility index (Phi) is 6.27. The summed E-state index contributed by atoms with van der Waals surface area (Å²) >= 11 is 0. The van der Waals surface area contributed by atoms with E-state index in [2.05, 4.69) is 11.8 Å². The van der Waals surface area contributed by atoms with E-state index in [0.29, 0.717) is 31.1 Å². The van der Waals surface area contributed by atoms with E-state index in [0.717, 1.165) is 12.8 Å². The number of hydrogen-bond donors (Lipinski definition) is 1. The van der Waals surface area contributed by atoms with Gasteiger partial charge in [-0.15, -0.1) is 12.4 Å². The molecule has 0 aromatic rings. The number of halogens is 1. The molecule has 5 nitrogen and oxygen atoms in total. The van der Waals surface area contributed by atoms with Gasteiger partial charge in [-0.1, -0.05) is 0 Å². The third kappa shape index (κ3) is 4.94. The van der Waals surface area contributed by atoms with E-state index >= 15 is 0 Å². The fourth-order valence-electron chi connectivity index (χ4n) is 2.60. The number of nitrogens with zero attached hydrogens (tertiary/aromatic N) is 2. The summed E-state index contributed by atoms with van der Waals surface area (Å²) in [5.41, 5.74) is 0. The van der Waals surface area contributed by atoms with Crippen LogP contribution in [0.3, 0.4) is 0 Å². The van der Waals surface area contributed by atoms with Gasteiger partial charge in [0.2, 0.25) is 5.91 Å². The molecule has 1 atom stereocenters. The summed E-state index contributed by atoms with van der Waals surface area (Å²) in [5.74, 6) is 0.0355. The largest absolute Gasteiger partial charge is 0.481 e. The van der Waals surface area contributed by atoms with Crippen LogP contribution in [0.1, 0.15) is 39.0 Å². The highest BCUT2D eigenvalue weighted by molar-refractivity contribution is 5.85. The Morgan fingerprint density at radius 2 is 1.85 bits per heavy atom. The number of hydrogen-bond acceptors (Lipinski definition) is 3. The number of amides is 1. The van der Waals surface area contributed by atoms with Crippen molar-refractivity contribution >= 4 is 24.3 Å². The van der Waals surface area contributed by atoms with Crippen LogP contribution < -0.4 is 0 Å². The summed E-state index contributed by atoms with van der Waals surface area (Å²) in [7, 11) is 1.81. The fourth-order valence-corrected chi connectivity index (χ4v) is 2.60. The minimum Gasteiger partial charge on any atom is -0.481 e. The molecule has 0 saturated heterocycles. The van der Waals surface area contributed by atoms with Gasteiger partial charge in [0, 0.05) is 18.6 Å². The second-order valence-corrected chi connectivity index (χ2v) is 5.99. The van der Waals surface area contributed by atoms with E-state index < -0.39 is 5.97 Å². The highest BCUT2D eigenvalue weighted by Crippen LogP contribution is 2.39. The maximum absolute atomic E-state index is 12.4. The van der Waals surface area contributed by atoms with E-state index in [1.54, 1.807) is 0 Å². The molecule has 2 aliphatic rings. The second-order valence-electron chi connectivity index (χ2n) is 5.99. The van der Waals surface area contributed by atoms with Crippen molar-refractivity contribution in [3.05, 3.63) is 0 Å². The number of rotatable bonds is 8. The Morgan fingerprint density at radius 3 is 2.30 bits per heavy atom. The van der Waals surface area contributed by atoms with Crippen LogP contribution in [0.2, 0.25) is 0 Å². The maximum Gasteiger partial charge on any atom is 0.304 e. The first-order valence-corrected chi connectivity index (χ1v) is 7.20. The molecule has 6 heteroatoms. The quantitative estimate of drug-likeness (QED) is 0.740. The molecule has 0 heterocycles. The number of likely N-dealkylation sites (N-methyl/N-ethyl adjacent to an activating group) is 1. The highest BCUT2D eigenvalue weighted by atomic mass is 35.5. The summed E-state index contributed by atoms with van der Waals surface area (Å²) in [5, 5.41) is 8.65. The molecule has 2 aliphatic carbocycles. The lowest BCUT2D eigenvalue weighted by molar-refractivity contribution is -0.139.